The van der Waals surface area contributed by atoms with Crippen LogP contribution >= 0.6 is 0 Å². The number of benzene rings is 1. The van der Waals surface area contributed by atoms with Gasteiger partial charge in [0.15, 0.2) is 0 Å². The van der Waals surface area contributed by atoms with E-state index in [0.717, 1.165) is 0 Å². The Morgan fingerprint density at radius 3 is 2.65 bits per heavy atom. The zero-order chi connectivity index (χ0) is 24.8. The van der Waals surface area contributed by atoms with E-state index in [0.29, 0.717) is 37.3 Å². The lowest BCUT2D eigenvalue weighted by atomic mass is 10.0. The van der Waals surface area contributed by atoms with E-state index in [9.17, 15) is 19.2 Å². The van der Waals surface area contributed by atoms with Crippen molar-refractivity contribution in [2.24, 2.45) is 5.92 Å². The first-order valence-electron chi connectivity index (χ1n) is 11.6. The smallest absolute Gasteiger partial charge is 0.310 e. The summed E-state index contributed by atoms with van der Waals surface area (Å²) >= 11 is 0. The Hall–Kier alpha value is -3.14. The molecule has 0 unspecified atom stereocenters. The zero-order valence-corrected chi connectivity index (χ0v) is 20.0. The molecule has 0 spiro atoms. The minimum absolute atomic E-state index is 0.0145. The molecule has 10 heteroatoms. The van der Waals surface area contributed by atoms with E-state index in [-0.39, 0.29) is 24.2 Å². The topological polar surface area (TPSA) is 123 Å². The number of para-hydroxylation sites is 1. The minimum Gasteiger partial charge on any atom is -0.496 e. The molecule has 3 rings (SSSR count). The Morgan fingerprint density at radius 1 is 1.24 bits per heavy atom. The van der Waals surface area contributed by atoms with Crippen LogP contribution in [0.4, 0.5) is 0 Å². The van der Waals surface area contributed by atoms with E-state index in [1.165, 1.54) is 12.0 Å². The number of cyclic esters (lactones) is 1. The van der Waals surface area contributed by atoms with Crippen molar-refractivity contribution in [1.82, 2.24) is 15.5 Å². The lowest BCUT2D eigenvalue weighted by Gasteiger charge is -2.31. The molecule has 2 fully saturated rings. The van der Waals surface area contributed by atoms with Crippen molar-refractivity contribution < 1.29 is 33.4 Å². The van der Waals surface area contributed by atoms with Crippen molar-refractivity contribution >= 4 is 23.7 Å². The van der Waals surface area contributed by atoms with Crippen molar-refractivity contribution in [3.05, 3.63) is 29.8 Å². The van der Waals surface area contributed by atoms with Gasteiger partial charge < -0.3 is 29.7 Å². The third kappa shape index (κ3) is 5.67. The van der Waals surface area contributed by atoms with Crippen LogP contribution in [0.1, 0.15) is 50.4 Å². The summed E-state index contributed by atoms with van der Waals surface area (Å²) in [6.07, 6.45) is 0.324. The highest BCUT2D eigenvalue weighted by Crippen LogP contribution is 2.23. The second-order valence-electron chi connectivity index (χ2n) is 8.72. The first-order valence-corrected chi connectivity index (χ1v) is 11.6. The van der Waals surface area contributed by atoms with Crippen LogP contribution in [0.15, 0.2) is 24.3 Å². The zero-order valence-electron chi connectivity index (χ0n) is 20.0. The third-order valence-corrected chi connectivity index (χ3v) is 6.03. The molecule has 0 aromatic heterocycles. The highest BCUT2D eigenvalue weighted by atomic mass is 16.7. The number of nitrogens with one attached hydrogen (secondary N) is 2. The molecule has 4 atom stereocenters. The van der Waals surface area contributed by atoms with E-state index in [1.807, 2.05) is 13.8 Å². The van der Waals surface area contributed by atoms with Gasteiger partial charge in [0, 0.05) is 13.2 Å². The van der Waals surface area contributed by atoms with Gasteiger partial charge in [0.2, 0.25) is 18.1 Å². The molecule has 0 radical (unpaired) electrons. The maximum Gasteiger partial charge on any atom is 0.310 e. The molecule has 2 aliphatic rings. The molecule has 34 heavy (non-hydrogen) atoms. The molecule has 1 aromatic rings. The van der Waals surface area contributed by atoms with Crippen molar-refractivity contribution in [3.63, 3.8) is 0 Å². The summed E-state index contributed by atoms with van der Waals surface area (Å²) in [6.45, 7) is 6.18. The maximum absolute atomic E-state index is 13.5. The summed E-state index contributed by atoms with van der Waals surface area (Å²) in [5.41, 5.74) is 0.326. The average Bonchev–Trinajstić information content (AvgIpc) is 3.43. The molecule has 0 saturated carbocycles. The SMILES string of the molecule is CCO[C@@H]1OC(=O)C[C@@H]1NC(=O)[C@@H]1CCCN1C(=O)[C@@H](NC(=O)c1ccccc1OC)C(C)C. The van der Waals surface area contributed by atoms with Crippen molar-refractivity contribution in [3.8, 4) is 5.75 Å². The Kier molecular flexibility index (Phi) is 8.49. The summed E-state index contributed by atoms with van der Waals surface area (Å²) in [6, 6.07) is 4.65. The first kappa shape index (κ1) is 25.5. The largest absolute Gasteiger partial charge is 0.496 e. The Labute approximate surface area is 199 Å². The molecule has 2 aliphatic heterocycles. The average molecular weight is 476 g/mol. The number of carbonyl (C=O) groups is 4. The fourth-order valence-corrected chi connectivity index (χ4v) is 4.29. The number of nitrogens with zero attached hydrogens (tertiary/aromatic N) is 1. The molecule has 0 aliphatic carbocycles. The van der Waals surface area contributed by atoms with Crippen molar-refractivity contribution in [2.75, 3.05) is 20.3 Å². The number of likely N-dealkylation sites (tertiary alicyclic amines) is 1. The fraction of sp³-hybridized carbons (Fsp3) is 0.583. The number of hydrogen-bond donors (Lipinski definition) is 2. The van der Waals surface area contributed by atoms with Gasteiger partial charge in [-0.3, -0.25) is 19.2 Å². The van der Waals surface area contributed by atoms with Gasteiger partial charge in [-0.15, -0.1) is 0 Å². The third-order valence-electron chi connectivity index (χ3n) is 6.03. The molecular weight excluding hydrogens is 442 g/mol. The van der Waals surface area contributed by atoms with Gasteiger partial charge in [-0.1, -0.05) is 26.0 Å². The highest BCUT2D eigenvalue weighted by Gasteiger charge is 2.42. The standard InChI is InChI=1S/C24H33N3O7/c1-5-33-24-16(13-19(28)34-24)25-22(30)17-10-8-12-27(17)23(31)20(14(2)3)26-21(29)15-9-6-7-11-18(15)32-4/h6-7,9,11,14,16-17,20,24H,5,8,10,12-13H2,1-4H3,(H,25,30)(H,26,29)/t16-,17-,20-,24+/m0/s1. The molecule has 2 saturated heterocycles. The number of ether oxygens (including phenoxy) is 3. The van der Waals surface area contributed by atoms with Gasteiger partial charge in [-0.2, -0.15) is 0 Å². The van der Waals surface area contributed by atoms with Gasteiger partial charge in [-0.05, 0) is 37.8 Å². The normalized spacial score (nSPS) is 22.9. The molecule has 3 amide bonds. The van der Waals surface area contributed by atoms with Gasteiger partial charge in [0.1, 0.15) is 23.9 Å². The Bertz CT molecular complexity index is 920. The van der Waals surface area contributed by atoms with Crippen LogP contribution < -0.4 is 15.4 Å². The molecule has 1 aromatic carbocycles. The van der Waals surface area contributed by atoms with E-state index < -0.39 is 36.3 Å². The monoisotopic (exact) mass is 475 g/mol. The Balaban J connectivity index is 1.70. The molecule has 2 heterocycles. The van der Waals surface area contributed by atoms with Gasteiger partial charge >= 0.3 is 5.97 Å². The summed E-state index contributed by atoms with van der Waals surface area (Å²) in [4.78, 5) is 52.7. The minimum atomic E-state index is -0.837. The van der Waals surface area contributed by atoms with E-state index in [4.69, 9.17) is 14.2 Å². The van der Waals surface area contributed by atoms with Crippen molar-refractivity contribution in [2.45, 2.75) is 64.4 Å². The molecule has 186 valence electrons. The van der Waals surface area contributed by atoms with E-state index in [2.05, 4.69) is 10.6 Å². The highest BCUT2D eigenvalue weighted by molar-refractivity contribution is 6.00. The van der Waals surface area contributed by atoms with Crippen LogP contribution in [0.3, 0.4) is 0 Å². The quantitative estimate of drug-likeness (QED) is 0.515. The van der Waals surface area contributed by atoms with Gasteiger partial charge in [0.25, 0.3) is 5.91 Å². The second-order valence-corrected chi connectivity index (χ2v) is 8.72. The van der Waals surface area contributed by atoms with Gasteiger partial charge in [0.05, 0.1) is 19.1 Å². The van der Waals surface area contributed by atoms with Crippen LogP contribution in [0.5, 0.6) is 5.75 Å². The summed E-state index contributed by atoms with van der Waals surface area (Å²) < 4.78 is 15.8. The van der Waals surface area contributed by atoms with E-state index in [1.54, 1.807) is 31.2 Å². The number of esters is 1. The molecule has 0 bridgehead atoms. The van der Waals surface area contributed by atoms with Crippen molar-refractivity contribution in [1.29, 1.82) is 0 Å². The number of hydrogen-bond acceptors (Lipinski definition) is 7. The predicted molar refractivity (Wildman–Crippen MR) is 122 cm³/mol. The summed E-state index contributed by atoms with van der Waals surface area (Å²) in [7, 11) is 1.48. The van der Waals surface area contributed by atoms with Crippen LogP contribution in [0, 0.1) is 5.92 Å². The second kappa shape index (κ2) is 11.3. The summed E-state index contributed by atoms with van der Waals surface area (Å²) in [5.74, 6) is -1.36. The number of amides is 3. The fourth-order valence-electron chi connectivity index (χ4n) is 4.29. The lowest BCUT2D eigenvalue weighted by molar-refractivity contribution is -0.164. The molecule has 10 nitrogen and oxygen atoms in total. The number of rotatable bonds is 9. The summed E-state index contributed by atoms with van der Waals surface area (Å²) in [5, 5.41) is 5.63. The van der Waals surface area contributed by atoms with Crippen LogP contribution in [0.25, 0.3) is 0 Å². The molecule has 2 N–H and O–H groups in total. The predicted octanol–water partition coefficient (Wildman–Crippen LogP) is 1.23. The lowest BCUT2D eigenvalue weighted by Crippen LogP contribution is -2.56. The van der Waals surface area contributed by atoms with Crippen LogP contribution in [-0.2, 0) is 23.9 Å². The number of methoxy groups -OCH3 is 1. The maximum atomic E-state index is 13.5. The first-order chi connectivity index (χ1) is 16.3. The molecular formula is C24H33N3O7. The number of carbonyl (C=O) groups excluding carboxylic acids is 4. The van der Waals surface area contributed by atoms with Gasteiger partial charge in [-0.25, -0.2) is 0 Å². The van der Waals surface area contributed by atoms with Crippen LogP contribution in [0.2, 0.25) is 0 Å². The van der Waals surface area contributed by atoms with E-state index >= 15 is 0 Å². The Morgan fingerprint density at radius 2 is 1.97 bits per heavy atom. The van der Waals surface area contributed by atoms with Crippen LogP contribution in [-0.4, -0.2) is 73.3 Å².